The zero-order valence-electron chi connectivity index (χ0n) is 9.98. The number of aromatic nitrogens is 1. The first-order valence-corrected chi connectivity index (χ1v) is 6.70. The van der Waals surface area contributed by atoms with Crippen molar-refractivity contribution in [3.05, 3.63) is 59.4 Å². The van der Waals surface area contributed by atoms with Crippen molar-refractivity contribution in [2.24, 2.45) is 0 Å². The van der Waals surface area contributed by atoms with Crippen LogP contribution in [0.2, 0.25) is 0 Å². The van der Waals surface area contributed by atoms with Crippen LogP contribution < -0.4 is 5.32 Å². The summed E-state index contributed by atoms with van der Waals surface area (Å²) in [7, 11) is 0. The Balaban J connectivity index is 2.19. The summed E-state index contributed by atoms with van der Waals surface area (Å²) < 4.78 is 0. The van der Waals surface area contributed by atoms with Crippen LogP contribution in [0.3, 0.4) is 0 Å². The standard InChI is InChI=1S/C14H13BrN2O/c1-10-13(6-3-7-16-10)14(18)17-12-5-2-4-11(8-12)9-15/h2-8H,9H2,1H3,(H,17,18). The maximum absolute atomic E-state index is 12.1. The maximum atomic E-state index is 12.1. The predicted molar refractivity (Wildman–Crippen MR) is 76.0 cm³/mol. The average molecular weight is 305 g/mol. The minimum atomic E-state index is -0.132. The van der Waals surface area contributed by atoms with Crippen molar-refractivity contribution in [2.75, 3.05) is 5.32 Å². The van der Waals surface area contributed by atoms with E-state index >= 15 is 0 Å². The Morgan fingerprint density at radius 2 is 2.17 bits per heavy atom. The van der Waals surface area contributed by atoms with E-state index in [0.717, 1.165) is 22.3 Å². The molecule has 2 rings (SSSR count). The molecule has 0 aliphatic rings. The van der Waals surface area contributed by atoms with E-state index in [4.69, 9.17) is 0 Å². The Kier molecular flexibility index (Phi) is 4.10. The number of nitrogens with zero attached hydrogens (tertiary/aromatic N) is 1. The SMILES string of the molecule is Cc1ncccc1C(=O)Nc1cccc(CBr)c1. The zero-order chi connectivity index (χ0) is 13.0. The molecule has 0 fully saturated rings. The number of anilines is 1. The highest BCUT2D eigenvalue weighted by molar-refractivity contribution is 9.08. The van der Waals surface area contributed by atoms with Gasteiger partial charge in [-0.25, -0.2) is 0 Å². The van der Waals surface area contributed by atoms with Gasteiger partial charge < -0.3 is 5.32 Å². The van der Waals surface area contributed by atoms with Crippen molar-refractivity contribution in [3.63, 3.8) is 0 Å². The Labute approximate surface area is 114 Å². The number of aryl methyl sites for hydroxylation is 1. The molecule has 18 heavy (non-hydrogen) atoms. The summed E-state index contributed by atoms with van der Waals surface area (Å²) in [6, 6.07) is 11.3. The number of benzene rings is 1. The third-order valence-corrected chi connectivity index (χ3v) is 3.24. The van der Waals surface area contributed by atoms with Crippen molar-refractivity contribution >= 4 is 27.5 Å². The van der Waals surface area contributed by atoms with Gasteiger partial charge in [-0.15, -0.1) is 0 Å². The molecule has 2 aromatic rings. The molecule has 0 unspecified atom stereocenters. The molecule has 1 aromatic carbocycles. The minimum absolute atomic E-state index is 0.132. The van der Waals surface area contributed by atoms with E-state index in [0.29, 0.717) is 5.56 Å². The van der Waals surface area contributed by atoms with E-state index in [1.54, 1.807) is 18.3 Å². The molecule has 0 saturated heterocycles. The molecule has 3 nitrogen and oxygen atoms in total. The molecule has 92 valence electrons. The van der Waals surface area contributed by atoms with E-state index in [2.05, 4.69) is 26.2 Å². The fourth-order valence-electron chi connectivity index (χ4n) is 1.65. The maximum Gasteiger partial charge on any atom is 0.257 e. The van der Waals surface area contributed by atoms with Gasteiger partial charge in [-0.1, -0.05) is 28.1 Å². The number of carbonyl (C=O) groups is 1. The summed E-state index contributed by atoms with van der Waals surface area (Å²) in [5.74, 6) is -0.132. The number of halogens is 1. The second kappa shape index (κ2) is 5.78. The summed E-state index contributed by atoms with van der Waals surface area (Å²) >= 11 is 3.39. The fraction of sp³-hybridized carbons (Fsp3) is 0.143. The van der Waals surface area contributed by atoms with E-state index < -0.39 is 0 Å². The average Bonchev–Trinajstić information content (AvgIpc) is 2.39. The molecule has 0 atom stereocenters. The molecule has 1 N–H and O–H groups in total. The van der Waals surface area contributed by atoms with Crippen molar-refractivity contribution < 1.29 is 4.79 Å². The molecule has 0 radical (unpaired) electrons. The van der Waals surface area contributed by atoms with Crippen LogP contribution in [0.25, 0.3) is 0 Å². The van der Waals surface area contributed by atoms with Crippen molar-refractivity contribution in [3.8, 4) is 0 Å². The Morgan fingerprint density at radius 3 is 2.89 bits per heavy atom. The molecule has 0 spiro atoms. The van der Waals surface area contributed by atoms with Crippen LogP contribution >= 0.6 is 15.9 Å². The molecule has 1 heterocycles. The molecule has 0 aliphatic heterocycles. The van der Waals surface area contributed by atoms with Gasteiger partial charge in [0.1, 0.15) is 0 Å². The van der Waals surface area contributed by atoms with Gasteiger partial charge in [-0.05, 0) is 36.8 Å². The fourth-order valence-corrected chi connectivity index (χ4v) is 2.00. The Hall–Kier alpha value is -1.68. The predicted octanol–water partition coefficient (Wildman–Crippen LogP) is 3.54. The van der Waals surface area contributed by atoms with Gasteiger partial charge in [0.2, 0.25) is 0 Å². The number of hydrogen-bond donors (Lipinski definition) is 1. The van der Waals surface area contributed by atoms with Gasteiger partial charge in [-0.3, -0.25) is 9.78 Å². The second-order valence-electron chi connectivity index (χ2n) is 3.92. The highest BCUT2D eigenvalue weighted by Gasteiger charge is 2.09. The van der Waals surface area contributed by atoms with E-state index in [1.165, 1.54) is 0 Å². The summed E-state index contributed by atoms with van der Waals surface area (Å²) in [6.07, 6.45) is 1.68. The summed E-state index contributed by atoms with van der Waals surface area (Å²) in [5.41, 5.74) is 3.24. The van der Waals surface area contributed by atoms with Gasteiger partial charge in [0, 0.05) is 22.9 Å². The quantitative estimate of drug-likeness (QED) is 0.881. The van der Waals surface area contributed by atoms with Crippen LogP contribution in [0.4, 0.5) is 5.69 Å². The molecule has 1 aromatic heterocycles. The number of hydrogen-bond acceptors (Lipinski definition) is 2. The van der Waals surface area contributed by atoms with Crippen LogP contribution in [0.15, 0.2) is 42.6 Å². The Morgan fingerprint density at radius 1 is 1.33 bits per heavy atom. The molecule has 0 saturated carbocycles. The minimum Gasteiger partial charge on any atom is -0.322 e. The lowest BCUT2D eigenvalue weighted by Gasteiger charge is -2.07. The molecule has 0 bridgehead atoms. The lowest BCUT2D eigenvalue weighted by molar-refractivity contribution is 0.102. The second-order valence-corrected chi connectivity index (χ2v) is 4.49. The van der Waals surface area contributed by atoms with Crippen molar-refractivity contribution in [2.45, 2.75) is 12.3 Å². The van der Waals surface area contributed by atoms with Crippen molar-refractivity contribution in [1.82, 2.24) is 4.98 Å². The number of amides is 1. The number of alkyl halides is 1. The van der Waals surface area contributed by atoms with Gasteiger partial charge in [-0.2, -0.15) is 0 Å². The van der Waals surface area contributed by atoms with Crippen LogP contribution in [0.5, 0.6) is 0 Å². The Bertz CT molecular complexity index is 569. The van der Waals surface area contributed by atoms with E-state index in [1.807, 2.05) is 31.2 Å². The van der Waals surface area contributed by atoms with Crippen LogP contribution in [0, 0.1) is 6.92 Å². The topological polar surface area (TPSA) is 42.0 Å². The molecule has 0 aliphatic carbocycles. The van der Waals surface area contributed by atoms with Gasteiger partial charge >= 0.3 is 0 Å². The summed E-state index contributed by atoms with van der Waals surface area (Å²) in [4.78, 5) is 16.2. The van der Waals surface area contributed by atoms with Gasteiger partial charge in [0.05, 0.1) is 5.56 Å². The third kappa shape index (κ3) is 2.96. The van der Waals surface area contributed by atoms with Gasteiger partial charge in [0.15, 0.2) is 0 Å². The van der Waals surface area contributed by atoms with E-state index in [9.17, 15) is 4.79 Å². The highest BCUT2D eigenvalue weighted by Crippen LogP contribution is 2.15. The zero-order valence-corrected chi connectivity index (χ0v) is 11.6. The number of carbonyl (C=O) groups excluding carboxylic acids is 1. The largest absolute Gasteiger partial charge is 0.322 e. The molecule has 4 heteroatoms. The third-order valence-electron chi connectivity index (χ3n) is 2.59. The lowest BCUT2D eigenvalue weighted by Crippen LogP contribution is -2.13. The van der Waals surface area contributed by atoms with Crippen LogP contribution in [-0.2, 0) is 5.33 Å². The first-order chi connectivity index (χ1) is 8.70. The van der Waals surface area contributed by atoms with Crippen molar-refractivity contribution in [1.29, 1.82) is 0 Å². The molecule has 1 amide bonds. The van der Waals surface area contributed by atoms with Gasteiger partial charge in [0.25, 0.3) is 5.91 Å². The smallest absolute Gasteiger partial charge is 0.257 e. The number of nitrogens with one attached hydrogen (secondary N) is 1. The molecular weight excluding hydrogens is 292 g/mol. The van der Waals surface area contributed by atoms with Crippen LogP contribution in [0.1, 0.15) is 21.6 Å². The number of rotatable bonds is 3. The lowest BCUT2D eigenvalue weighted by atomic mass is 10.1. The van der Waals surface area contributed by atoms with E-state index in [-0.39, 0.29) is 5.91 Å². The van der Waals surface area contributed by atoms with Crippen LogP contribution in [-0.4, -0.2) is 10.9 Å². The summed E-state index contributed by atoms with van der Waals surface area (Å²) in [6.45, 7) is 1.82. The highest BCUT2D eigenvalue weighted by atomic mass is 79.9. The molecular formula is C14H13BrN2O. The first kappa shape index (κ1) is 12.8. The number of pyridine rings is 1. The first-order valence-electron chi connectivity index (χ1n) is 5.58. The summed E-state index contributed by atoms with van der Waals surface area (Å²) in [5, 5.41) is 3.64. The normalized spacial score (nSPS) is 10.1. The monoisotopic (exact) mass is 304 g/mol.